The molecule has 1 aliphatic heterocycles. The second-order valence-corrected chi connectivity index (χ2v) is 5.34. The van der Waals surface area contributed by atoms with Crippen molar-refractivity contribution < 1.29 is 0 Å². The van der Waals surface area contributed by atoms with Gasteiger partial charge in [0.15, 0.2) is 0 Å². The summed E-state index contributed by atoms with van der Waals surface area (Å²) >= 11 is 0. The van der Waals surface area contributed by atoms with Crippen LogP contribution in [-0.2, 0) is 6.54 Å². The van der Waals surface area contributed by atoms with Crippen LogP contribution in [-0.4, -0.2) is 54.1 Å². The smallest absolute Gasteiger partial charge is 0.125 e. The number of pyridine rings is 1. The van der Waals surface area contributed by atoms with Crippen molar-refractivity contribution in [3.63, 3.8) is 0 Å². The Labute approximate surface area is 109 Å². The molecule has 98 valence electrons. The molecular formula is C14H22N4. The number of nitrogens with zero attached hydrogens (tertiary/aromatic N) is 3. The van der Waals surface area contributed by atoms with E-state index in [9.17, 15) is 0 Å². The molecule has 1 aromatic rings. The van der Waals surface area contributed by atoms with Crippen LogP contribution in [0, 0.1) is 0 Å². The lowest BCUT2D eigenvalue weighted by Crippen LogP contribution is -2.46. The Morgan fingerprint density at radius 3 is 2.56 bits per heavy atom. The van der Waals surface area contributed by atoms with Gasteiger partial charge in [0.05, 0.1) is 0 Å². The molecule has 0 unspecified atom stereocenters. The number of hydrogen-bond donors (Lipinski definition) is 1. The SMILES string of the molecule is CNc1ccc(CN2CCN(C3CC3)CC2)cn1. The summed E-state index contributed by atoms with van der Waals surface area (Å²) in [6.45, 7) is 5.92. The maximum atomic E-state index is 4.37. The molecule has 0 atom stereocenters. The highest BCUT2D eigenvalue weighted by atomic mass is 15.3. The lowest BCUT2D eigenvalue weighted by Gasteiger charge is -2.34. The van der Waals surface area contributed by atoms with Gasteiger partial charge in [-0.1, -0.05) is 6.07 Å². The zero-order valence-corrected chi connectivity index (χ0v) is 11.1. The molecule has 1 aliphatic carbocycles. The van der Waals surface area contributed by atoms with Gasteiger partial charge in [-0.2, -0.15) is 0 Å². The molecule has 2 aliphatic rings. The van der Waals surface area contributed by atoms with Crippen molar-refractivity contribution in [2.45, 2.75) is 25.4 Å². The minimum absolute atomic E-state index is 0.920. The van der Waals surface area contributed by atoms with Gasteiger partial charge in [0, 0.05) is 52.0 Å². The van der Waals surface area contributed by atoms with Gasteiger partial charge >= 0.3 is 0 Å². The van der Waals surface area contributed by atoms with E-state index in [1.165, 1.54) is 44.6 Å². The summed E-state index contributed by atoms with van der Waals surface area (Å²) in [7, 11) is 1.90. The molecule has 1 aromatic heterocycles. The molecule has 1 N–H and O–H groups in total. The first-order valence-corrected chi connectivity index (χ1v) is 6.94. The van der Waals surface area contributed by atoms with Gasteiger partial charge in [0.25, 0.3) is 0 Å². The van der Waals surface area contributed by atoms with E-state index < -0.39 is 0 Å². The van der Waals surface area contributed by atoms with Crippen LogP contribution in [0.4, 0.5) is 5.82 Å². The Morgan fingerprint density at radius 1 is 1.22 bits per heavy atom. The summed E-state index contributed by atoms with van der Waals surface area (Å²) in [6.07, 6.45) is 4.84. The van der Waals surface area contributed by atoms with E-state index >= 15 is 0 Å². The Kier molecular flexibility index (Phi) is 3.48. The van der Waals surface area contributed by atoms with Crippen molar-refractivity contribution in [3.05, 3.63) is 23.9 Å². The zero-order valence-electron chi connectivity index (χ0n) is 11.1. The zero-order chi connectivity index (χ0) is 12.4. The van der Waals surface area contributed by atoms with Crippen LogP contribution in [0.1, 0.15) is 18.4 Å². The molecular weight excluding hydrogens is 224 g/mol. The predicted octanol–water partition coefficient (Wildman–Crippen LogP) is 1.40. The van der Waals surface area contributed by atoms with Gasteiger partial charge in [-0.3, -0.25) is 9.80 Å². The number of hydrogen-bond acceptors (Lipinski definition) is 4. The molecule has 4 heteroatoms. The fourth-order valence-corrected chi connectivity index (χ4v) is 2.65. The largest absolute Gasteiger partial charge is 0.373 e. The van der Waals surface area contributed by atoms with Gasteiger partial charge in [-0.25, -0.2) is 4.98 Å². The first-order valence-electron chi connectivity index (χ1n) is 6.94. The Bertz CT molecular complexity index is 377. The standard InChI is InChI=1S/C14H22N4/c1-15-14-5-2-12(10-16-14)11-17-6-8-18(9-7-17)13-3-4-13/h2,5,10,13H,3-4,6-9,11H2,1H3,(H,15,16). The van der Waals surface area contributed by atoms with Crippen molar-refractivity contribution in [2.24, 2.45) is 0 Å². The molecule has 0 bridgehead atoms. The molecule has 0 aromatic carbocycles. The van der Waals surface area contributed by atoms with Crippen molar-refractivity contribution in [1.82, 2.24) is 14.8 Å². The molecule has 0 spiro atoms. The molecule has 0 radical (unpaired) electrons. The van der Waals surface area contributed by atoms with Crippen LogP contribution in [0.15, 0.2) is 18.3 Å². The van der Waals surface area contributed by atoms with Crippen molar-refractivity contribution in [3.8, 4) is 0 Å². The van der Waals surface area contributed by atoms with Gasteiger partial charge in [0.2, 0.25) is 0 Å². The highest BCUT2D eigenvalue weighted by molar-refractivity contribution is 5.34. The first kappa shape index (κ1) is 11.9. The van der Waals surface area contributed by atoms with Crippen molar-refractivity contribution in [2.75, 3.05) is 38.5 Å². The highest BCUT2D eigenvalue weighted by Crippen LogP contribution is 2.27. The quantitative estimate of drug-likeness (QED) is 0.870. The summed E-state index contributed by atoms with van der Waals surface area (Å²) < 4.78 is 0. The van der Waals surface area contributed by atoms with Gasteiger partial charge in [-0.05, 0) is 24.5 Å². The first-order chi connectivity index (χ1) is 8.85. The predicted molar refractivity (Wildman–Crippen MR) is 73.7 cm³/mol. The second-order valence-electron chi connectivity index (χ2n) is 5.34. The van der Waals surface area contributed by atoms with E-state index in [4.69, 9.17) is 0 Å². The van der Waals surface area contributed by atoms with E-state index in [1.54, 1.807) is 0 Å². The van der Waals surface area contributed by atoms with Crippen LogP contribution >= 0.6 is 0 Å². The lowest BCUT2D eigenvalue weighted by atomic mass is 10.2. The minimum atomic E-state index is 0.920. The third-order valence-electron chi connectivity index (χ3n) is 3.96. The van der Waals surface area contributed by atoms with Crippen LogP contribution in [0.3, 0.4) is 0 Å². The van der Waals surface area contributed by atoms with E-state index in [0.29, 0.717) is 0 Å². The number of rotatable bonds is 4. The fraction of sp³-hybridized carbons (Fsp3) is 0.643. The van der Waals surface area contributed by atoms with E-state index in [0.717, 1.165) is 18.4 Å². The van der Waals surface area contributed by atoms with E-state index in [-0.39, 0.29) is 0 Å². The maximum Gasteiger partial charge on any atom is 0.125 e. The number of anilines is 1. The maximum absolute atomic E-state index is 4.37. The van der Waals surface area contributed by atoms with E-state index in [1.807, 2.05) is 13.2 Å². The summed E-state index contributed by atoms with van der Waals surface area (Å²) in [5.41, 5.74) is 1.31. The summed E-state index contributed by atoms with van der Waals surface area (Å²) in [5.74, 6) is 0.942. The summed E-state index contributed by atoms with van der Waals surface area (Å²) in [6, 6.07) is 5.14. The topological polar surface area (TPSA) is 31.4 Å². The molecule has 2 fully saturated rings. The van der Waals surface area contributed by atoms with Crippen molar-refractivity contribution in [1.29, 1.82) is 0 Å². The molecule has 1 saturated carbocycles. The Morgan fingerprint density at radius 2 is 2.00 bits per heavy atom. The fourth-order valence-electron chi connectivity index (χ4n) is 2.65. The molecule has 18 heavy (non-hydrogen) atoms. The summed E-state index contributed by atoms with van der Waals surface area (Å²) in [5, 5.41) is 3.05. The van der Waals surface area contributed by atoms with Gasteiger partial charge in [0.1, 0.15) is 5.82 Å². The minimum Gasteiger partial charge on any atom is -0.373 e. The monoisotopic (exact) mass is 246 g/mol. The molecule has 4 nitrogen and oxygen atoms in total. The summed E-state index contributed by atoms with van der Waals surface area (Å²) in [4.78, 5) is 9.56. The second kappa shape index (κ2) is 5.24. The number of piperazine rings is 1. The van der Waals surface area contributed by atoms with Crippen LogP contribution in [0.2, 0.25) is 0 Å². The normalized spacial score (nSPS) is 22.1. The molecule has 3 rings (SSSR count). The van der Waals surface area contributed by atoms with Gasteiger partial charge in [-0.15, -0.1) is 0 Å². The van der Waals surface area contributed by atoms with Crippen LogP contribution in [0.5, 0.6) is 0 Å². The lowest BCUT2D eigenvalue weighted by molar-refractivity contribution is 0.121. The number of aromatic nitrogens is 1. The van der Waals surface area contributed by atoms with Crippen LogP contribution < -0.4 is 5.32 Å². The average molecular weight is 246 g/mol. The number of nitrogens with one attached hydrogen (secondary N) is 1. The van der Waals surface area contributed by atoms with Crippen molar-refractivity contribution >= 4 is 5.82 Å². The van der Waals surface area contributed by atoms with E-state index in [2.05, 4.69) is 32.2 Å². The average Bonchev–Trinajstić information content (AvgIpc) is 3.25. The molecule has 1 saturated heterocycles. The Balaban J connectivity index is 1.50. The van der Waals surface area contributed by atoms with Crippen LogP contribution in [0.25, 0.3) is 0 Å². The molecule has 0 amide bonds. The third-order valence-corrected chi connectivity index (χ3v) is 3.96. The third kappa shape index (κ3) is 2.82. The van der Waals surface area contributed by atoms with Gasteiger partial charge < -0.3 is 5.32 Å². The Hall–Kier alpha value is -1.13. The highest BCUT2D eigenvalue weighted by Gasteiger charge is 2.30. The molecule has 2 heterocycles.